The molecule has 0 aliphatic heterocycles. The maximum atomic E-state index is 10.6. The molecule has 1 unspecified atom stereocenters. The number of amides is 1. The van der Waals surface area contributed by atoms with E-state index < -0.39 is 11.9 Å². The van der Waals surface area contributed by atoms with Crippen LogP contribution in [-0.4, -0.2) is 25.7 Å². The molecule has 16 heavy (non-hydrogen) atoms. The molecule has 1 amide bonds. The molecule has 0 fully saturated rings. The molecule has 0 aromatic heterocycles. The van der Waals surface area contributed by atoms with Crippen LogP contribution in [-0.2, 0) is 16.1 Å². The third kappa shape index (κ3) is 3.88. The molecule has 1 rings (SSSR count). The Morgan fingerprint density at radius 3 is 2.50 bits per heavy atom. The van der Waals surface area contributed by atoms with E-state index in [1.165, 1.54) is 0 Å². The first-order chi connectivity index (χ1) is 7.63. The van der Waals surface area contributed by atoms with Crippen molar-refractivity contribution in [2.45, 2.75) is 12.6 Å². The van der Waals surface area contributed by atoms with E-state index in [0.717, 1.165) is 11.3 Å². The van der Waals surface area contributed by atoms with Crippen LogP contribution in [0.2, 0.25) is 0 Å². The van der Waals surface area contributed by atoms with Crippen LogP contribution in [0.25, 0.3) is 0 Å². The van der Waals surface area contributed by atoms with Gasteiger partial charge in [0.15, 0.2) is 0 Å². The first kappa shape index (κ1) is 12.5. The highest BCUT2D eigenvalue weighted by Gasteiger charge is 2.08. The maximum absolute atomic E-state index is 10.6. The molecule has 88 valence electrons. The molecular formula is C11H16N2O3. The van der Waals surface area contributed by atoms with E-state index in [1.54, 1.807) is 7.11 Å². The van der Waals surface area contributed by atoms with E-state index in [-0.39, 0.29) is 6.61 Å². The van der Waals surface area contributed by atoms with E-state index in [2.05, 4.69) is 0 Å². The van der Waals surface area contributed by atoms with Gasteiger partial charge in [0.25, 0.3) is 0 Å². The van der Waals surface area contributed by atoms with Gasteiger partial charge in [-0.1, -0.05) is 12.1 Å². The Morgan fingerprint density at radius 1 is 1.38 bits per heavy atom. The molecule has 0 saturated heterocycles. The second-order valence-corrected chi connectivity index (χ2v) is 3.37. The lowest BCUT2D eigenvalue weighted by Crippen LogP contribution is -2.40. The molecule has 1 atom stereocenters. The van der Waals surface area contributed by atoms with E-state index in [1.807, 2.05) is 24.3 Å². The summed E-state index contributed by atoms with van der Waals surface area (Å²) in [4.78, 5) is 10.6. The second-order valence-electron chi connectivity index (χ2n) is 3.37. The third-order valence-electron chi connectivity index (χ3n) is 2.09. The molecule has 0 spiro atoms. The number of methoxy groups -OCH3 is 1. The zero-order chi connectivity index (χ0) is 12.0. The summed E-state index contributed by atoms with van der Waals surface area (Å²) < 4.78 is 10.3. The summed E-state index contributed by atoms with van der Waals surface area (Å²) in [6.45, 7) is 0.520. The average Bonchev–Trinajstić information content (AvgIpc) is 2.29. The lowest BCUT2D eigenvalue weighted by Gasteiger charge is -2.08. The molecule has 0 aliphatic rings. The number of carbonyl (C=O) groups excluding carboxylic acids is 1. The van der Waals surface area contributed by atoms with Gasteiger partial charge in [0, 0.05) is 0 Å². The Hall–Kier alpha value is -1.59. The zero-order valence-corrected chi connectivity index (χ0v) is 9.18. The second kappa shape index (κ2) is 6.09. The van der Waals surface area contributed by atoms with Crippen molar-refractivity contribution in [2.75, 3.05) is 13.7 Å². The lowest BCUT2D eigenvalue weighted by atomic mass is 10.2. The molecule has 0 aliphatic carbocycles. The van der Waals surface area contributed by atoms with Gasteiger partial charge >= 0.3 is 0 Å². The molecule has 0 radical (unpaired) electrons. The fraction of sp³-hybridized carbons (Fsp3) is 0.364. The van der Waals surface area contributed by atoms with E-state index in [0.29, 0.717) is 6.61 Å². The van der Waals surface area contributed by atoms with Gasteiger partial charge in [-0.3, -0.25) is 4.79 Å². The average molecular weight is 224 g/mol. The number of nitrogens with two attached hydrogens (primary N) is 2. The zero-order valence-electron chi connectivity index (χ0n) is 9.18. The van der Waals surface area contributed by atoms with E-state index in [9.17, 15) is 4.79 Å². The van der Waals surface area contributed by atoms with Crippen molar-refractivity contribution < 1.29 is 14.3 Å². The van der Waals surface area contributed by atoms with Crippen LogP contribution in [0.3, 0.4) is 0 Å². The SMILES string of the molecule is COc1ccc(COCC(N)C(N)=O)cc1. The smallest absolute Gasteiger partial charge is 0.236 e. The van der Waals surface area contributed by atoms with Crippen LogP contribution in [0.4, 0.5) is 0 Å². The van der Waals surface area contributed by atoms with Gasteiger partial charge in [0.2, 0.25) is 5.91 Å². The molecule has 1 aromatic rings. The molecule has 1 aromatic carbocycles. The van der Waals surface area contributed by atoms with Crippen LogP contribution >= 0.6 is 0 Å². The fourth-order valence-corrected chi connectivity index (χ4v) is 1.11. The van der Waals surface area contributed by atoms with Crippen LogP contribution in [0, 0.1) is 0 Å². The van der Waals surface area contributed by atoms with Gasteiger partial charge < -0.3 is 20.9 Å². The molecule has 5 heteroatoms. The Kier molecular flexibility index (Phi) is 4.75. The normalized spacial score (nSPS) is 12.1. The maximum Gasteiger partial charge on any atom is 0.236 e. The van der Waals surface area contributed by atoms with Crippen molar-refractivity contribution in [2.24, 2.45) is 11.5 Å². The molecule has 0 heterocycles. The predicted octanol–water partition coefficient (Wildman–Crippen LogP) is 0.0244. The summed E-state index contributed by atoms with van der Waals surface area (Å²) in [5.41, 5.74) is 11.4. The minimum Gasteiger partial charge on any atom is -0.497 e. The Bertz CT molecular complexity index is 338. The summed E-state index contributed by atoms with van der Waals surface area (Å²) >= 11 is 0. The van der Waals surface area contributed by atoms with Crippen molar-refractivity contribution in [3.05, 3.63) is 29.8 Å². The lowest BCUT2D eigenvalue weighted by molar-refractivity contribution is -0.120. The largest absolute Gasteiger partial charge is 0.497 e. The minimum atomic E-state index is -0.752. The van der Waals surface area contributed by atoms with Gasteiger partial charge in [0.1, 0.15) is 11.8 Å². The topological polar surface area (TPSA) is 87.6 Å². The summed E-state index contributed by atoms with van der Waals surface area (Å²) in [6, 6.07) is 6.70. The summed E-state index contributed by atoms with van der Waals surface area (Å²) in [6.07, 6.45) is 0. The van der Waals surface area contributed by atoms with Gasteiger partial charge in [-0.05, 0) is 17.7 Å². The van der Waals surface area contributed by atoms with E-state index in [4.69, 9.17) is 20.9 Å². The number of carbonyl (C=O) groups is 1. The van der Waals surface area contributed by atoms with Crippen LogP contribution in [0.5, 0.6) is 5.75 Å². The molecule has 5 nitrogen and oxygen atoms in total. The summed E-state index contributed by atoms with van der Waals surface area (Å²) in [5.74, 6) is 0.229. The Balaban J connectivity index is 2.34. The van der Waals surface area contributed by atoms with Crippen molar-refractivity contribution in [1.29, 1.82) is 0 Å². The standard InChI is InChI=1S/C11H16N2O3/c1-15-9-4-2-8(3-5-9)6-16-7-10(12)11(13)14/h2-5,10H,6-7,12H2,1H3,(H2,13,14). The van der Waals surface area contributed by atoms with E-state index >= 15 is 0 Å². The molecular weight excluding hydrogens is 208 g/mol. The highest BCUT2D eigenvalue weighted by atomic mass is 16.5. The van der Waals surface area contributed by atoms with Gasteiger partial charge in [-0.2, -0.15) is 0 Å². The van der Waals surface area contributed by atoms with Gasteiger partial charge in [0.05, 0.1) is 20.3 Å². The molecule has 0 saturated carbocycles. The summed E-state index contributed by atoms with van der Waals surface area (Å²) in [5, 5.41) is 0. The summed E-state index contributed by atoms with van der Waals surface area (Å²) in [7, 11) is 1.61. The monoisotopic (exact) mass is 224 g/mol. The third-order valence-corrected chi connectivity index (χ3v) is 2.09. The highest BCUT2D eigenvalue weighted by molar-refractivity contribution is 5.79. The number of hydrogen-bond acceptors (Lipinski definition) is 4. The number of primary amides is 1. The number of rotatable bonds is 6. The van der Waals surface area contributed by atoms with Crippen molar-refractivity contribution in [3.63, 3.8) is 0 Å². The predicted molar refractivity (Wildman–Crippen MR) is 59.8 cm³/mol. The van der Waals surface area contributed by atoms with Crippen molar-refractivity contribution in [1.82, 2.24) is 0 Å². The van der Waals surface area contributed by atoms with Crippen molar-refractivity contribution >= 4 is 5.91 Å². The molecule has 0 bridgehead atoms. The number of benzene rings is 1. The number of hydrogen-bond donors (Lipinski definition) is 2. The van der Waals surface area contributed by atoms with Gasteiger partial charge in [-0.15, -0.1) is 0 Å². The highest BCUT2D eigenvalue weighted by Crippen LogP contribution is 2.11. The minimum absolute atomic E-state index is 0.126. The Labute approximate surface area is 94.3 Å². The van der Waals surface area contributed by atoms with Gasteiger partial charge in [-0.25, -0.2) is 0 Å². The molecule has 4 N–H and O–H groups in total. The first-order valence-corrected chi connectivity index (χ1v) is 4.89. The van der Waals surface area contributed by atoms with Crippen molar-refractivity contribution in [3.8, 4) is 5.75 Å². The quantitative estimate of drug-likeness (QED) is 0.713. The first-order valence-electron chi connectivity index (χ1n) is 4.89. The fourth-order valence-electron chi connectivity index (χ4n) is 1.11. The Morgan fingerprint density at radius 2 is 2.00 bits per heavy atom. The van der Waals surface area contributed by atoms with Crippen LogP contribution < -0.4 is 16.2 Å². The van der Waals surface area contributed by atoms with Crippen LogP contribution in [0.15, 0.2) is 24.3 Å². The van der Waals surface area contributed by atoms with Crippen LogP contribution in [0.1, 0.15) is 5.56 Å². The number of ether oxygens (including phenoxy) is 2.